The molecular weight excluding hydrogens is 506 g/mol. The van der Waals surface area contributed by atoms with Crippen molar-refractivity contribution in [3.8, 4) is 11.4 Å². The summed E-state index contributed by atoms with van der Waals surface area (Å²) in [5.41, 5.74) is 7.77. The van der Waals surface area contributed by atoms with E-state index in [4.69, 9.17) is 26.7 Å². The molecule has 200 valence electrons. The first-order valence-electron chi connectivity index (χ1n) is 13.3. The number of rotatable bonds is 6. The highest BCUT2D eigenvalue weighted by Crippen LogP contribution is 2.46. The van der Waals surface area contributed by atoms with Crippen LogP contribution in [0.3, 0.4) is 0 Å². The largest absolute Gasteiger partial charge is 0.495 e. The quantitative estimate of drug-likeness (QED) is 0.324. The molecule has 2 aromatic carbocycles. The fourth-order valence-corrected chi connectivity index (χ4v) is 6.22. The number of pyridine rings is 1. The van der Waals surface area contributed by atoms with E-state index in [1.807, 2.05) is 36.5 Å². The lowest BCUT2D eigenvalue weighted by molar-refractivity contribution is 0.122. The molecule has 2 aliphatic rings. The second-order valence-corrected chi connectivity index (χ2v) is 10.3. The third-order valence-electron chi connectivity index (χ3n) is 7.72. The minimum atomic E-state index is -0.124. The van der Waals surface area contributed by atoms with Gasteiger partial charge in [-0.15, -0.1) is 0 Å². The molecule has 2 atom stereocenters. The maximum absolute atomic E-state index is 5.95. The van der Waals surface area contributed by atoms with Crippen LogP contribution in [0, 0.1) is 13.8 Å². The second kappa shape index (κ2) is 10.7. The van der Waals surface area contributed by atoms with E-state index in [1.165, 1.54) is 22.6 Å². The van der Waals surface area contributed by atoms with Gasteiger partial charge in [0, 0.05) is 42.0 Å². The molecule has 0 unspecified atom stereocenters. The SMILES string of the molecule is COc1ccccc1N1C(=S)N[C@H](c2ccccn2)[C@@H]1c1cc(C)n(-c2ccc(N3CCOCC3)cc2)c1C. The highest BCUT2D eigenvalue weighted by Gasteiger charge is 2.43. The maximum atomic E-state index is 5.95. The lowest BCUT2D eigenvalue weighted by Crippen LogP contribution is -2.36. The fourth-order valence-electron chi connectivity index (χ4n) is 5.88. The molecule has 2 aromatic heterocycles. The van der Waals surface area contributed by atoms with Crippen molar-refractivity contribution in [2.45, 2.75) is 25.9 Å². The van der Waals surface area contributed by atoms with Crippen LogP contribution in [0.1, 0.15) is 34.7 Å². The molecule has 6 rings (SSSR count). The van der Waals surface area contributed by atoms with E-state index >= 15 is 0 Å². The van der Waals surface area contributed by atoms with Gasteiger partial charge in [-0.25, -0.2) is 0 Å². The van der Waals surface area contributed by atoms with E-state index < -0.39 is 0 Å². The number of methoxy groups -OCH3 is 1. The molecule has 0 amide bonds. The highest BCUT2D eigenvalue weighted by atomic mass is 32.1. The molecule has 4 aromatic rings. The Labute approximate surface area is 235 Å². The van der Waals surface area contributed by atoms with Crippen molar-refractivity contribution in [1.82, 2.24) is 14.9 Å². The first kappa shape index (κ1) is 25.4. The fraction of sp³-hybridized carbons (Fsp3) is 0.290. The zero-order valence-electron chi connectivity index (χ0n) is 22.5. The maximum Gasteiger partial charge on any atom is 0.174 e. The molecule has 0 bridgehead atoms. The minimum absolute atomic E-state index is 0.115. The number of anilines is 2. The number of aryl methyl sites for hydroxylation is 1. The Kier molecular flexibility index (Phi) is 6.97. The summed E-state index contributed by atoms with van der Waals surface area (Å²) in [4.78, 5) is 9.27. The third-order valence-corrected chi connectivity index (χ3v) is 8.03. The summed E-state index contributed by atoms with van der Waals surface area (Å²) in [6.45, 7) is 7.75. The van der Waals surface area contributed by atoms with Gasteiger partial charge in [-0.05, 0) is 86.2 Å². The van der Waals surface area contributed by atoms with Crippen LogP contribution in [0.4, 0.5) is 11.4 Å². The van der Waals surface area contributed by atoms with Crippen LogP contribution in [-0.2, 0) is 4.74 Å². The Morgan fingerprint density at radius 2 is 1.67 bits per heavy atom. The summed E-state index contributed by atoms with van der Waals surface area (Å²) in [6.07, 6.45) is 1.84. The summed E-state index contributed by atoms with van der Waals surface area (Å²) in [5, 5.41) is 4.23. The predicted octanol–water partition coefficient (Wildman–Crippen LogP) is 5.51. The number of hydrogen-bond acceptors (Lipinski definition) is 5. The third kappa shape index (κ3) is 4.64. The Hall–Kier alpha value is -3.88. The minimum Gasteiger partial charge on any atom is -0.495 e. The zero-order chi connectivity index (χ0) is 26.9. The van der Waals surface area contributed by atoms with Crippen LogP contribution in [0.25, 0.3) is 5.69 Å². The van der Waals surface area contributed by atoms with E-state index in [0.717, 1.165) is 49.1 Å². The summed E-state index contributed by atoms with van der Waals surface area (Å²) >= 11 is 5.95. The summed E-state index contributed by atoms with van der Waals surface area (Å²) in [6, 6.07) is 24.9. The van der Waals surface area contributed by atoms with E-state index in [2.05, 4.69) is 76.0 Å². The predicted molar refractivity (Wildman–Crippen MR) is 159 cm³/mol. The van der Waals surface area contributed by atoms with Crippen molar-refractivity contribution in [3.05, 3.63) is 102 Å². The normalized spacial score (nSPS) is 19.3. The monoisotopic (exact) mass is 539 g/mol. The molecule has 0 saturated carbocycles. The average molecular weight is 540 g/mol. The number of nitrogens with zero attached hydrogens (tertiary/aromatic N) is 4. The molecule has 0 spiro atoms. The van der Waals surface area contributed by atoms with Crippen LogP contribution in [-0.4, -0.2) is 48.1 Å². The number of ether oxygens (including phenoxy) is 2. The lowest BCUT2D eigenvalue weighted by atomic mass is 9.96. The second-order valence-electron chi connectivity index (χ2n) is 9.95. The molecule has 2 fully saturated rings. The van der Waals surface area contributed by atoms with Crippen LogP contribution < -0.4 is 19.9 Å². The number of para-hydroxylation sites is 2. The van der Waals surface area contributed by atoms with Crippen LogP contribution in [0.2, 0.25) is 0 Å². The van der Waals surface area contributed by atoms with Crippen molar-refractivity contribution < 1.29 is 9.47 Å². The van der Waals surface area contributed by atoms with Gasteiger partial charge in [-0.1, -0.05) is 18.2 Å². The number of hydrogen-bond donors (Lipinski definition) is 1. The molecule has 1 N–H and O–H groups in total. The van der Waals surface area contributed by atoms with Crippen molar-refractivity contribution in [3.63, 3.8) is 0 Å². The zero-order valence-corrected chi connectivity index (χ0v) is 23.3. The van der Waals surface area contributed by atoms with E-state index in [9.17, 15) is 0 Å². The molecule has 2 aliphatic heterocycles. The van der Waals surface area contributed by atoms with Gasteiger partial charge >= 0.3 is 0 Å². The first-order chi connectivity index (χ1) is 19.1. The molecule has 39 heavy (non-hydrogen) atoms. The van der Waals surface area contributed by atoms with Gasteiger partial charge in [-0.3, -0.25) is 4.98 Å². The van der Waals surface area contributed by atoms with Gasteiger partial charge in [-0.2, -0.15) is 0 Å². The van der Waals surface area contributed by atoms with Crippen molar-refractivity contribution in [2.24, 2.45) is 0 Å². The number of aromatic nitrogens is 2. The van der Waals surface area contributed by atoms with Gasteiger partial charge < -0.3 is 29.2 Å². The molecule has 7 nitrogen and oxygen atoms in total. The number of thiocarbonyl (C=S) groups is 1. The van der Waals surface area contributed by atoms with Crippen LogP contribution in [0.15, 0.2) is 79.0 Å². The Balaban J connectivity index is 1.43. The Morgan fingerprint density at radius 3 is 2.38 bits per heavy atom. The van der Waals surface area contributed by atoms with Crippen LogP contribution in [0.5, 0.6) is 5.75 Å². The van der Waals surface area contributed by atoms with Gasteiger partial charge in [0.05, 0.1) is 43.8 Å². The van der Waals surface area contributed by atoms with Crippen molar-refractivity contribution in [2.75, 3.05) is 43.2 Å². The summed E-state index contributed by atoms with van der Waals surface area (Å²) in [7, 11) is 1.70. The highest BCUT2D eigenvalue weighted by molar-refractivity contribution is 7.80. The number of benzene rings is 2. The Morgan fingerprint density at radius 1 is 0.949 bits per heavy atom. The van der Waals surface area contributed by atoms with Gasteiger partial charge in [0.1, 0.15) is 5.75 Å². The van der Waals surface area contributed by atoms with Crippen molar-refractivity contribution in [1.29, 1.82) is 0 Å². The van der Waals surface area contributed by atoms with E-state index in [1.54, 1.807) is 7.11 Å². The smallest absolute Gasteiger partial charge is 0.174 e. The number of nitrogens with one attached hydrogen (secondary N) is 1. The summed E-state index contributed by atoms with van der Waals surface area (Å²) < 4.78 is 13.6. The van der Waals surface area contributed by atoms with Crippen LogP contribution >= 0.6 is 12.2 Å². The van der Waals surface area contributed by atoms with E-state index in [0.29, 0.717) is 5.11 Å². The first-order valence-corrected chi connectivity index (χ1v) is 13.7. The van der Waals surface area contributed by atoms with Crippen molar-refractivity contribution >= 4 is 28.7 Å². The molecule has 4 heterocycles. The lowest BCUT2D eigenvalue weighted by Gasteiger charge is -2.29. The summed E-state index contributed by atoms with van der Waals surface area (Å²) in [5.74, 6) is 0.779. The van der Waals surface area contributed by atoms with Gasteiger partial charge in [0.15, 0.2) is 5.11 Å². The molecule has 0 radical (unpaired) electrons. The standard InChI is InChI=1S/C31H33N5O2S/c1-21-20-25(22(2)35(21)24-13-11-23(12-14-24)34-16-18-38-19-17-34)30-29(26-8-6-7-15-32-26)33-31(39)36(30)27-9-4-5-10-28(27)37-3/h4-15,20,29-30H,16-19H2,1-3H3,(H,33,39)/t29-,30+/m1/s1. The van der Waals surface area contributed by atoms with E-state index in [-0.39, 0.29) is 12.1 Å². The molecule has 8 heteroatoms. The molecule has 0 aliphatic carbocycles. The Bertz CT molecular complexity index is 1460. The average Bonchev–Trinajstić information content (AvgIpc) is 3.48. The topological polar surface area (TPSA) is 54.8 Å². The molecular formula is C31H33N5O2S. The van der Waals surface area contributed by atoms with Gasteiger partial charge in [0.25, 0.3) is 0 Å². The molecule has 2 saturated heterocycles. The number of morpholine rings is 1. The van der Waals surface area contributed by atoms with Gasteiger partial charge in [0.2, 0.25) is 0 Å².